The average Bonchev–Trinajstić information content (AvgIpc) is 3.28. The third-order valence-electron chi connectivity index (χ3n) is 3.94. The summed E-state index contributed by atoms with van der Waals surface area (Å²) in [4.78, 5) is 5.62. The van der Waals surface area contributed by atoms with Gasteiger partial charge in [-0.2, -0.15) is 0 Å². The molecular formula is C19H23N3O2S. The summed E-state index contributed by atoms with van der Waals surface area (Å²) < 4.78 is 7.58. The van der Waals surface area contributed by atoms with Crippen molar-refractivity contribution in [3.05, 3.63) is 76.5 Å². The number of thiophene rings is 1. The molecule has 132 valence electrons. The van der Waals surface area contributed by atoms with Gasteiger partial charge in [-0.15, -0.1) is 11.3 Å². The summed E-state index contributed by atoms with van der Waals surface area (Å²) in [6, 6.07) is 14.1. The number of imidazole rings is 1. The van der Waals surface area contributed by atoms with E-state index in [0.29, 0.717) is 19.8 Å². The molecule has 0 aliphatic rings. The maximum Gasteiger partial charge on any atom is 0.130 e. The van der Waals surface area contributed by atoms with Gasteiger partial charge in [-0.1, -0.05) is 36.4 Å². The Bertz CT molecular complexity index is 743. The second-order valence-electron chi connectivity index (χ2n) is 5.90. The van der Waals surface area contributed by atoms with Crippen molar-refractivity contribution in [2.45, 2.75) is 18.8 Å². The van der Waals surface area contributed by atoms with Gasteiger partial charge < -0.3 is 19.7 Å². The van der Waals surface area contributed by atoms with E-state index in [1.807, 2.05) is 53.5 Å². The van der Waals surface area contributed by atoms with E-state index in [-0.39, 0.29) is 6.04 Å². The summed E-state index contributed by atoms with van der Waals surface area (Å²) in [7, 11) is 1.97. The second kappa shape index (κ2) is 8.92. The van der Waals surface area contributed by atoms with E-state index in [4.69, 9.17) is 4.74 Å². The number of aliphatic hydroxyl groups excluding tert-OH is 1. The van der Waals surface area contributed by atoms with Crippen LogP contribution in [-0.4, -0.2) is 33.9 Å². The molecule has 2 unspecified atom stereocenters. The van der Waals surface area contributed by atoms with Gasteiger partial charge in [0.2, 0.25) is 0 Å². The van der Waals surface area contributed by atoms with Gasteiger partial charge in [0.1, 0.15) is 5.82 Å². The highest BCUT2D eigenvalue weighted by Gasteiger charge is 2.19. The van der Waals surface area contributed by atoms with Crippen molar-refractivity contribution in [1.82, 2.24) is 14.9 Å². The molecule has 0 bridgehead atoms. The Kier molecular flexibility index (Phi) is 6.36. The van der Waals surface area contributed by atoms with Crippen molar-refractivity contribution >= 4 is 11.3 Å². The van der Waals surface area contributed by atoms with Crippen LogP contribution in [0.25, 0.3) is 0 Å². The Hall–Kier alpha value is -1.99. The molecule has 0 fully saturated rings. The molecule has 1 aromatic carbocycles. The summed E-state index contributed by atoms with van der Waals surface area (Å²) >= 11 is 1.66. The number of nitrogens with one attached hydrogen (secondary N) is 1. The summed E-state index contributed by atoms with van der Waals surface area (Å²) in [6.07, 6.45) is 3.13. The SMILES string of the molecule is Cn1ccnc1C(NCC(O)COCc1cccs1)c1ccccc1. The quantitative estimate of drug-likeness (QED) is 0.618. The summed E-state index contributed by atoms with van der Waals surface area (Å²) in [6.45, 7) is 1.26. The van der Waals surface area contributed by atoms with Crippen LogP contribution in [0.3, 0.4) is 0 Å². The number of aliphatic hydroxyl groups is 1. The maximum atomic E-state index is 10.2. The van der Waals surface area contributed by atoms with E-state index in [1.165, 1.54) is 0 Å². The number of aryl methyl sites for hydroxylation is 1. The van der Waals surface area contributed by atoms with Crippen LogP contribution in [-0.2, 0) is 18.4 Å². The third kappa shape index (κ3) is 4.99. The fourth-order valence-corrected chi connectivity index (χ4v) is 3.30. The first-order valence-corrected chi connectivity index (χ1v) is 9.15. The van der Waals surface area contributed by atoms with Gasteiger partial charge in [0.15, 0.2) is 0 Å². The number of rotatable bonds is 9. The van der Waals surface area contributed by atoms with Gasteiger partial charge in [0.25, 0.3) is 0 Å². The van der Waals surface area contributed by atoms with Crippen molar-refractivity contribution in [3.8, 4) is 0 Å². The van der Waals surface area contributed by atoms with Crippen molar-refractivity contribution < 1.29 is 9.84 Å². The monoisotopic (exact) mass is 357 g/mol. The molecule has 2 aromatic heterocycles. The fourth-order valence-electron chi connectivity index (χ4n) is 2.66. The predicted octanol–water partition coefficient (Wildman–Crippen LogP) is 2.74. The molecule has 0 radical (unpaired) electrons. The van der Waals surface area contributed by atoms with Crippen LogP contribution in [0.4, 0.5) is 0 Å². The smallest absolute Gasteiger partial charge is 0.130 e. The molecule has 2 atom stereocenters. The van der Waals surface area contributed by atoms with Gasteiger partial charge >= 0.3 is 0 Å². The standard InChI is InChI=1S/C19H23N3O2S/c1-22-10-9-20-19(22)18(15-6-3-2-4-7-15)21-12-16(23)13-24-14-17-8-5-11-25-17/h2-11,16,18,21,23H,12-14H2,1H3. The first kappa shape index (κ1) is 17.8. The number of aromatic nitrogens is 2. The Labute approximate surface area is 151 Å². The minimum atomic E-state index is -0.577. The number of ether oxygens (including phenoxy) is 1. The lowest BCUT2D eigenvalue weighted by Gasteiger charge is -2.21. The molecule has 2 N–H and O–H groups in total. The number of hydrogen-bond acceptors (Lipinski definition) is 5. The van der Waals surface area contributed by atoms with Crippen LogP contribution >= 0.6 is 11.3 Å². The number of nitrogens with zero attached hydrogens (tertiary/aromatic N) is 2. The third-order valence-corrected chi connectivity index (χ3v) is 4.79. The lowest BCUT2D eigenvalue weighted by atomic mass is 10.1. The van der Waals surface area contributed by atoms with E-state index < -0.39 is 6.10 Å². The van der Waals surface area contributed by atoms with Crippen LogP contribution in [0.15, 0.2) is 60.2 Å². The van der Waals surface area contributed by atoms with E-state index >= 15 is 0 Å². The first-order valence-electron chi connectivity index (χ1n) is 8.28. The molecule has 0 amide bonds. The van der Waals surface area contributed by atoms with Crippen molar-refractivity contribution in [1.29, 1.82) is 0 Å². The first-order chi connectivity index (χ1) is 12.2. The van der Waals surface area contributed by atoms with E-state index in [1.54, 1.807) is 17.5 Å². The summed E-state index contributed by atoms with van der Waals surface area (Å²) in [5, 5.41) is 15.7. The molecule has 5 nitrogen and oxygen atoms in total. The minimum Gasteiger partial charge on any atom is -0.389 e. The van der Waals surface area contributed by atoms with Crippen LogP contribution in [0.1, 0.15) is 22.3 Å². The second-order valence-corrected chi connectivity index (χ2v) is 6.93. The molecule has 2 heterocycles. The molecule has 0 aliphatic carbocycles. The molecule has 0 aliphatic heterocycles. The lowest BCUT2D eigenvalue weighted by Crippen LogP contribution is -2.34. The van der Waals surface area contributed by atoms with E-state index in [9.17, 15) is 5.11 Å². The van der Waals surface area contributed by atoms with Crippen LogP contribution in [0.2, 0.25) is 0 Å². The lowest BCUT2D eigenvalue weighted by molar-refractivity contribution is 0.0289. The molecule has 25 heavy (non-hydrogen) atoms. The van der Waals surface area contributed by atoms with Crippen LogP contribution in [0, 0.1) is 0 Å². The molecule has 3 aromatic rings. The van der Waals surface area contributed by atoms with Crippen molar-refractivity contribution in [2.24, 2.45) is 7.05 Å². The number of benzene rings is 1. The Morgan fingerprint density at radius 3 is 2.76 bits per heavy atom. The molecule has 0 saturated carbocycles. The molecular weight excluding hydrogens is 334 g/mol. The van der Waals surface area contributed by atoms with Crippen molar-refractivity contribution in [2.75, 3.05) is 13.2 Å². The topological polar surface area (TPSA) is 59.3 Å². The fraction of sp³-hybridized carbons (Fsp3) is 0.316. The highest BCUT2D eigenvalue weighted by molar-refractivity contribution is 7.09. The summed E-state index contributed by atoms with van der Waals surface area (Å²) in [5.41, 5.74) is 1.11. The molecule has 3 rings (SSSR count). The highest BCUT2D eigenvalue weighted by Crippen LogP contribution is 2.20. The van der Waals surface area contributed by atoms with Crippen LogP contribution < -0.4 is 5.32 Å². The van der Waals surface area contributed by atoms with E-state index in [0.717, 1.165) is 16.3 Å². The maximum absolute atomic E-state index is 10.2. The van der Waals surface area contributed by atoms with Crippen LogP contribution in [0.5, 0.6) is 0 Å². The predicted molar refractivity (Wildman–Crippen MR) is 99.5 cm³/mol. The molecule has 6 heteroatoms. The minimum absolute atomic E-state index is 0.0758. The zero-order valence-corrected chi connectivity index (χ0v) is 15.0. The van der Waals surface area contributed by atoms with Gasteiger partial charge in [0, 0.05) is 30.9 Å². The van der Waals surface area contributed by atoms with E-state index in [2.05, 4.69) is 22.4 Å². The Morgan fingerprint density at radius 1 is 1.24 bits per heavy atom. The average molecular weight is 357 g/mol. The Balaban J connectivity index is 1.56. The zero-order valence-electron chi connectivity index (χ0n) is 14.2. The Morgan fingerprint density at radius 2 is 2.08 bits per heavy atom. The van der Waals surface area contributed by atoms with Gasteiger partial charge in [0.05, 0.1) is 25.4 Å². The van der Waals surface area contributed by atoms with Gasteiger partial charge in [-0.05, 0) is 17.0 Å². The zero-order chi connectivity index (χ0) is 17.5. The van der Waals surface area contributed by atoms with Crippen molar-refractivity contribution in [3.63, 3.8) is 0 Å². The van der Waals surface area contributed by atoms with Gasteiger partial charge in [-0.3, -0.25) is 0 Å². The molecule has 0 spiro atoms. The number of hydrogen-bond donors (Lipinski definition) is 2. The van der Waals surface area contributed by atoms with Gasteiger partial charge in [-0.25, -0.2) is 4.98 Å². The summed E-state index contributed by atoms with van der Waals surface area (Å²) in [5.74, 6) is 0.915. The largest absolute Gasteiger partial charge is 0.389 e. The normalized spacial score (nSPS) is 13.7. The molecule has 0 saturated heterocycles. The highest BCUT2D eigenvalue weighted by atomic mass is 32.1.